The van der Waals surface area contributed by atoms with Gasteiger partial charge >= 0.3 is 0 Å². The molecule has 3 aromatic rings. The Labute approximate surface area is 180 Å². The fraction of sp³-hybridized carbons (Fsp3) is 0.261. The van der Waals surface area contributed by atoms with Gasteiger partial charge < -0.3 is 15.1 Å². The molecule has 7 nitrogen and oxygen atoms in total. The number of carbonyl (C=O) groups is 1. The molecule has 2 aliphatic heterocycles. The maximum Gasteiger partial charge on any atom is 0.287 e. The van der Waals surface area contributed by atoms with Crippen LogP contribution in [0.2, 0.25) is 0 Å². The van der Waals surface area contributed by atoms with Crippen LogP contribution < -0.4 is 15.4 Å². The van der Waals surface area contributed by atoms with Gasteiger partial charge in [0.05, 0.1) is 4.90 Å². The van der Waals surface area contributed by atoms with E-state index in [9.17, 15) is 13.2 Å². The highest BCUT2D eigenvalue weighted by Gasteiger charge is 2.40. The molecule has 160 valence electrons. The predicted octanol–water partition coefficient (Wildman–Crippen LogP) is 3.37. The van der Waals surface area contributed by atoms with Crippen LogP contribution in [0.15, 0.2) is 76.0 Å². The third-order valence-electron chi connectivity index (χ3n) is 5.92. The van der Waals surface area contributed by atoms with E-state index < -0.39 is 10.0 Å². The van der Waals surface area contributed by atoms with Crippen molar-refractivity contribution >= 4 is 21.6 Å². The summed E-state index contributed by atoms with van der Waals surface area (Å²) in [4.78, 5) is 12.8. The molecule has 8 heteroatoms. The Balaban J connectivity index is 1.25. The van der Waals surface area contributed by atoms with Crippen LogP contribution in [0.1, 0.15) is 29.8 Å². The molecule has 0 radical (unpaired) electrons. The predicted molar refractivity (Wildman–Crippen MR) is 117 cm³/mol. The first-order valence-corrected chi connectivity index (χ1v) is 11.8. The maximum atomic E-state index is 12.6. The molecule has 2 aliphatic rings. The molecular formula is C23H23N3O4S. The molecular weight excluding hydrogens is 414 g/mol. The number of hydrogen-bond donors (Lipinski definition) is 3. The molecule has 2 fully saturated rings. The zero-order chi connectivity index (χ0) is 21.4. The highest BCUT2D eigenvalue weighted by Crippen LogP contribution is 2.29. The molecule has 0 aliphatic carbocycles. The number of anilines is 1. The molecule has 3 unspecified atom stereocenters. The van der Waals surface area contributed by atoms with E-state index in [1.807, 2.05) is 0 Å². The Morgan fingerprint density at radius 3 is 2.42 bits per heavy atom. The number of furan rings is 1. The van der Waals surface area contributed by atoms with Gasteiger partial charge in [0, 0.05) is 29.4 Å². The minimum atomic E-state index is -3.64. The standard InChI is InChI=1S/C23H23N3O4S/c27-23(25-20-14-17-10-11-19(20)24-17)22-13-12-21(30-22)15-6-8-16(9-7-15)26-31(28,29)18-4-2-1-3-5-18/h1-9,12-13,17,19-20,24,26H,10-11,14H2,(H,25,27). The van der Waals surface area contributed by atoms with E-state index in [4.69, 9.17) is 4.42 Å². The van der Waals surface area contributed by atoms with E-state index in [2.05, 4.69) is 15.4 Å². The third kappa shape index (κ3) is 4.08. The van der Waals surface area contributed by atoms with Crippen LogP contribution in [0.4, 0.5) is 5.69 Å². The molecule has 0 saturated carbocycles. The Morgan fingerprint density at radius 1 is 0.968 bits per heavy atom. The number of fused-ring (bicyclic) bond motifs is 2. The van der Waals surface area contributed by atoms with Gasteiger partial charge in [-0.3, -0.25) is 9.52 Å². The van der Waals surface area contributed by atoms with Crippen molar-refractivity contribution in [2.75, 3.05) is 4.72 Å². The lowest BCUT2D eigenvalue weighted by atomic mass is 9.95. The number of nitrogens with one attached hydrogen (secondary N) is 3. The molecule has 1 aromatic heterocycles. The minimum absolute atomic E-state index is 0.150. The second-order valence-corrected chi connectivity index (χ2v) is 9.71. The first-order valence-electron chi connectivity index (χ1n) is 10.3. The zero-order valence-electron chi connectivity index (χ0n) is 16.7. The monoisotopic (exact) mass is 437 g/mol. The topological polar surface area (TPSA) is 100 Å². The van der Waals surface area contributed by atoms with Crippen LogP contribution in [0, 0.1) is 0 Å². The molecule has 3 heterocycles. The summed E-state index contributed by atoms with van der Waals surface area (Å²) in [6, 6.07) is 19.5. The summed E-state index contributed by atoms with van der Waals surface area (Å²) in [6.07, 6.45) is 3.24. The van der Waals surface area contributed by atoms with Gasteiger partial charge in [0.25, 0.3) is 15.9 Å². The van der Waals surface area contributed by atoms with E-state index in [1.165, 1.54) is 6.42 Å². The Morgan fingerprint density at radius 2 is 1.74 bits per heavy atom. The van der Waals surface area contributed by atoms with Crippen LogP contribution in [0.5, 0.6) is 0 Å². The number of benzene rings is 2. The minimum Gasteiger partial charge on any atom is -0.451 e. The lowest BCUT2D eigenvalue weighted by Crippen LogP contribution is -2.42. The summed E-state index contributed by atoms with van der Waals surface area (Å²) in [5, 5.41) is 6.57. The second kappa shape index (κ2) is 7.86. The van der Waals surface area contributed by atoms with Crippen molar-refractivity contribution in [1.82, 2.24) is 10.6 Å². The third-order valence-corrected chi connectivity index (χ3v) is 7.32. The first kappa shape index (κ1) is 19.8. The molecule has 2 saturated heterocycles. The summed E-state index contributed by atoms with van der Waals surface area (Å²) in [5.41, 5.74) is 1.20. The van der Waals surface area contributed by atoms with E-state index in [0.717, 1.165) is 18.4 Å². The maximum absolute atomic E-state index is 12.6. The van der Waals surface area contributed by atoms with Crippen molar-refractivity contribution in [2.24, 2.45) is 0 Å². The van der Waals surface area contributed by atoms with Crippen LogP contribution in [-0.2, 0) is 10.0 Å². The van der Waals surface area contributed by atoms with Crippen LogP contribution in [-0.4, -0.2) is 32.5 Å². The van der Waals surface area contributed by atoms with Gasteiger partial charge in [0.1, 0.15) is 5.76 Å². The molecule has 3 atom stereocenters. The first-order chi connectivity index (χ1) is 15.0. The van der Waals surface area contributed by atoms with Crippen molar-refractivity contribution in [3.8, 4) is 11.3 Å². The Hall–Kier alpha value is -3.10. The van der Waals surface area contributed by atoms with Crippen molar-refractivity contribution < 1.29 is 17.6 Å². The van der Waals surface area contributed by atoms with Crippen LogP contribution in [0.25, 0.3) is 11.3 Å². The van der Waals surface area contributed by atoms with E-state index in [0.29, 0.717) is 23.5 Å². The summed E-state index contributed by atoms with van der Waals surface area (Å²) >= 11 is 0. The van der Waals surface area contributed by atoms with Crippen molar-refractivity contribution in [3.63, 3.8) is 0 Å². The quantitative estimate of drug-likeness (QED) is 0.549. The van der Waals surface area contributed by atoms with Crippen molar-refractivity contribution in [1.29, 1.82) is 0 Å². The molecule has 5 rings (SSSR count). The van der Waals surface area contributed by atoms with E-state index in [1.54, 1.807) is 66.7 Å². The number of hydrogen-bond acceptors (Lipinski definition) is 5. The Kier molecular flexibility index (Phi) is 5.03. The molecule has 1 amide bonds. The smallest absolute Gasteiger partial charge is 0.287 e. The van der Waals surface area contributed by atoms with Gasteiger partial charge in [-0.05, 0) is 67.8 Å². The highest BCUT2D eigenvalue weighted by atomic mass is 32.2. The average Bonchev–Trinajstić information content (AvgIpc) is 3.52. The van der Waals surface area contributed by atoms with Crippen LogP contribution >= 0.6 is 0 Å². The van der Waals surface area contributed by atoms with Gasteiger partial charge in [-0.2, -0.15) is 0 Å². The van der Waals surface area contributed by atoms with Gasteiger partial charge in [0.15, 0.2) is 5.76 Å². The zero-order valence-corrected chi connectivity index (χ0v) is 17.6. The highest BCUT2D eigenvalue weighted by molar-refractivity contribution is 7.92. The fourth-order valence-electron chi connectivity index (χ4n) is 4.35. The molecule has 31 heavy (non-hydrogen) atoms. The summed E-state index contributed by atoms with van der Waals surface area (Å²) in [5.74, 6) is 0.609. The number of carbonyl (C=O) groups excluding carboxylic acids is 1. The largest absolute Gasteiger partial charge is 0.451 e. The van der Waals surface area contributed by atoms with Gasteiger partial charge in [-0.25, -0.2) is 8.42 Å². The van der Waals surface area contributed by atoms with Gasteiger partial charge in [-0.1, -0.05) is 18.2 Å². The average molecular weight is 438 g/mol. The number of sulfonamides is 1. The Bertz CT molecular complexity index is 1190. The molecule has 2 bridgehead atoms. The number of amides is 1. The summed E-state index contributed by atoms with van der Waals surface area (Å²) < 4.78 is 33.2. The molecule has 2 aromatic carbocycles. The number of rotatable bonds is 6. The van der Waals surface area contributed by atoms with E-state index >= 15 is 0 Å². The van der Waals surface area contributed by atoms with E-state index in [-0.39, 0.29) is 22.6 Å². The van der Waals surface area contributed by atoms with Crippen molar-refractivity contribution in [3.05, 3.63) is 72.5 Å². The van der Waals surface area contributed by atoms with Crippen LogP contribution in [0.3, 0.4) is 0 Å². The summed E-state index contributed by atoms with van der Waals surface area (Å²) in [6.45, 7) is 0. The fourth-order valence-corrected chi connectivity index (χ4v) is 5.43. The SMILES string of the molecule is O=C(NC1CC2CCC1N2)c1ccc(-c2ccc(NS(=O)(=O)c3ccccc3)cc2)o1. The lowest BCUT2D eigenvalue weighted by molar-refractivity contribution is 0.0903. The van der Waals surface area contributed by atoms with Gasteiger partial charge in [0.2, 0.25) is 0 Å². The lowest BCUT2D eigenvalue weighted by Gasteiger charge is -2.20. The normalized spacial score (nSPS) is 22.4. The second-order valence-electron chi connectivity index (χ2n) is 8.02. The molecule has 0 spiro atoms. The summed E-state index contributed by atoms with van der Waals surface area (Å²) in [7, 11) is -3.64. The van der Waals surface area contributed by atoms with Crippen molar-refractivity contribution in [2.45, 2.75) is 42.3 Å². The van der Waals surface area contributed by atoms with Gasteiger partial charge in [-0.15, -0.1) is 0 Å². The molecule has 3 N–H and O–H groups in total.